The van der Waals surface area contributed by atoms with E-state index in [0.29, 0.717) is 42.7 Å². The highest BCUT2D eigenvalue weighted by Crippen LogP contribution is 2.40. The van der Waals surface area contributed by atoms with Gasteiger partial charge < -0.3 is 10.1 Å². The summed E-state index contributed by atoms with van der Waals surface area (Å²) in [5.74, 6) is 0.428. The molecule has 0 unspecified atom stereocenters. The highest BCUT2D eigenvalue weighted by Gasteiger charge is 2.30. The summed E-state index contributed by atoms with van der Waals surface area (Å²) >= 11 is 0. The van der Waals surface area contributed by atoms with Crippen molar-refractivity contribution in [3.63, 3.8) is 0 Å². The second-order valence-electron chi connectivity index (χ2n) is 8.99. The average molecular weight is 495 g/mol. The van der Waals surface area contributed by atoms with Crippen LogP contribution in [0, 0.1) is 0 Å². The van der Waals surface area contributed by atoms with Gasteiger partial charge in [0.25, 0.3) is 5.91 Å². The second kappa shape index (κ2) is 9.83. The number of rotatable bonds is 8. The summed E-state index contributed by atoms with van der Waals surface area (Å²) in [6.45, 7) is 3.25. The van der Waals surface area contributed by atoms with Gasteiger partial charge in [0, 0.05) is 19.0 Å². The maximum atomic E-state index is 13.5. The van der Waals surface area contributed by atoms with Crippen LogP contribution in [0.15, 0.2) is 59.5 Å². The molecule has 0 radical (unpaired) electrons. The van der Waals surface area contributed by atoms with Crippen molar-refractivity contribution < 1.29 is 17.9 Å². The Bertz CT molecular complexity index is 1310. The van der Waals surface area contributed by atoms with Gasteiger partial charge in [-0.2, -0.15) is 9.40 Å². The number of nitrogens with zero attached hydrogens (tertiary/aromatic N) is 3. The van der Waals surface area contributed by atoms with Gasteiger partial charge in [-0.3, -0.25) is 4.79 Å². The van der Waals surface area contributed by atoms with Crippen molar-refractivity contribution in [2.75, 3.05) is 25.0 Å². The molecule has 1 amide bonds. The second-order valence-corrected chi connectivity index (χ2v) is 10.9. The van der Waals surface area contributed by atoms with Crippen LogP contribution in [0.3, 0.4) is 0 Å². The van der Waals surface area contributed by atoms with E-state index in [2.05, 4.69) is 5.32 Å². The van der Waals surface area contributed by atoms with E-state index in [-0.39, 0.29) is 10.8 Å². The number of benzene rings is 2. The van der Waals surface area contributed by atoms with Crippen LogP contribution in [-0.4, -0.2) is 48.1 Å². The minimum atomic E-state index is -3.66. The number of nitrogens with one attached hydrogen (secondary N) is 1. The molecule has 9 heteroatoms. The lowest BCUT2D eigenvalue weighted by molar-refractivity contribution is 0.101. The number of anilines is 1. The van der Waals surface area contributed by atoms with Gasteiger partial charge in [0.15, 0.2) is 0 Å². The van der Waals surface area contributed by atoms with Gasteiger partial charge in [-0.05, 0) is 69.0 Å². The Morgan fingerprint density at radius 3 is 2.49 bits per heavy atom. The Labute approximate surface area is 206 Å². The zero-order valence-electron chi connectivity index (χ0n) is 19.8. The van der Waals surface area contributed by atoms with Crippen molar-refractivity contribution in [3.05, 3.63) is 66.0 Å². The van der Waals surface area contributed by atoms with E-state index in [9.17, 15) is 13.2 Å². The monoisotopic (exact) mass is 494 g/mol. The van der Waals surface area contributed by atoms with Crippen molar-refractivity contribution in [2.24, 2.45) is 0 Å². The predicted octanol–water partition coefficient (Wildman–Crippen LogP) is 4.58. The molecule has 1 aromatic heterocycles. The molecule has 2 fully saturated rings. The Hall–Kier alpha value is -3.17. The van der Waals surface area contributed by atoms with Crippen molar-refractivity contribution in [3.8, 4) is 11.4 Å². The van der Waals surface area contributed by atoms with E-state index in [1.807, 2.05) is 43.3 Å². The molecule has 8 nitrogen and oxygen atoms in total. The van der Waals surface area contributed by atoms with E-state index < -0.39 is 10.0 Å². The lowest BCUT2D eigenvalue weighted by atomic mass is 10.2. The number of hydrogen-bond donors (Lipinski definition) is 1. The van der Waals surface area contributed by atoms with Crippen LogP contribution in [0.4, 0.5) is 5.69 Å². The lowest BCUT2D eigenvalue weighted by Crippen LogP contribution is -2.35. The lowest BCUT2D eigenvalue weighted by Gasteiger charge is -2.26. The smallest absolute Gasteiger partial charge is 0.274 e. The molecule has 1 saturated heterocycles. The van der Waals surface area contributed by atoms with Crippen LogP contribution in [0.5, 0.6) is 5.75 Å². The van der Waals surface area contributed by atoms with Crippen molar-refractivity contribution in [1.29, 1.82) is 0 Å². The molecule has 1 aliphatic carbocycles. The molecule has 0 spiro atoms. The number of hydrogen-bond acceptors (Lipinski definition) is 5. The van der Waals surface area contributed by atoms with Gasteiger partial charge in [-0.25, -0.2) is 13.1 Å². The first-order chi connectivity index (χ1) is 17.0. The molecule has 2 heterocycles. The SMILES string of the molecule is CCOc1ccc(S(=O)(=O)N2CCCCC2)cc1NC(=O)c1cc(C2CC2)nn1-c1ccccc1. The fourth-order valence-corrected chi connectivity index (χ4v) is 5.94. The Morgan fingerprint density at radius 2 is 1.80 bits per heavy atom. The van der Waals surface area contributed by atoms with Gasteiger partial charge in [-0.15, -0.1) is 0 Å². The summed E-state index contributed by atoms with van der Waals surface area (Å²) in [7, 11) is -3.66. The average Bonchev–Trinajstić information content (AvgIpc) is 3.64. The Balaban J connectivity index is 1.48. The quantitative estimate of drug-likeness (QED) is 0.495. The van der Waals surface area contributed by atoms with E-state index >= 15 is 0 Å². The molecule has 0 bridgehead atoms. The maximum absolute atomic E-state index is 13.5. The van der Waals surface area contributed by atoms with Crippen molar-refractivity contribution in [1.82, 2.24) is 14.1 Å². The highest BCUT2D eigenvalue weighted by molar-refractivity contribution is 7.89. The number of piperidine rings is 1. The van der Waals surface area contributed by atoms with Crippen molar-refractivity contribution in [2.45, 2.75) is 49.8 Å². The molecule has 3 aromatic rings. The van der Waals surface area contributed by atoms with Crippen LogP contribution in [-0.2, 0) is 10.0 Å². The number of sulfonamides is 1. The molecule has 184 valence electrons. The summed E-state index contributed by atoms with van der Waals surface area (Å²) in [5.41, 5.74) is 2.40. The van der Waals surface area contributed by atoms with E-state index in [4.69, 9.17) is 9.84 Å². The third-order valence-corrected chi connectivity index (χ3v) is 8.30. The molecule has 1 N–H and O–H groups in total. The largest absolute Gasteiger partial charge is 0.492 e. The van der Waals surface area contributed by atoms with E-state index in [1.165, 1.54) is 10.4 Å². The molecule has 2 aliphatic rings. The predicted molar refractivity (Wildman–Crippen MR) is 134 cm³/mol. The number of ether oxygens (including phenoxy) is 1. The van der Waals surface area contributed by atoms with Crippen LogP contribution >= 0.6 is 0 Å². The van der Waals surface area contributed by atoms with Gasteiger partial charge in [0.2, 0.25) is 10.0 Å². The first-order valence-electron chi connectivity index (χ1n) is 12.2. The van der Waals surface area contributed by atoms with Gasteiger partial charge >= 0.3 is 0 Å². The van der Waals surface area contributed by atoms with Crippen LogP contribution in [0.2, 0.25) is 0 Å². The normalized spacial score (nSPS) is 16.7. The summed E-state index contributed by atoms with van der Waals surface area (Å²) < 4.78 is 35.4. The minimum Gasteiger partial charge on any atom is -0.492 e. The molecule has 1 saturated carbocycles. The molecule has 1 aliphatic heterocycles. The summed E-state index contributed by atoms with van der Waals surface area (Å²) in [5, 5.41) is 7.61. The zero-order chi connectivity index (χ0) is 24.4. The zero-order valence-corrected chi connectivity index (χ0v) is 20.6. The summed E-state index contributed by atoms with van der Waals surface area (Å²) in [4.78, 5) is 13.6. The summed E-state index contributed by atoms with van der Waals surface area (Å²) in [6, 6.07) is 16.0. The third kappa shape index (κ3) is 4.97. The standard InChI is InChI=1S/C26H30N4O4S/c1-2-34-25-14-13-21(35(32,33)29-15-7-4-8-16-29)17-23(25)27-26(31)24-18-22(19-11-12-19)28-30(24)20-9-5-3-6-10-20/h3,5-6,9-10,13-14,17-19H,2,4,7-8,11-12,15-16H2,1H3,(H,27,31). The Kier molecular flexibility index (Phi) is 6.62. The first-order valence-corrected chi connectivity index (χ1v) is 13.6. The summed E-state index contributed by atoms with van der Waals surface area (Å²) in [6.07, 6.45) is 4.88. The minimum absolute atomic E-state index is 0.147. The third-order valence-electron chi connectivity index (χ3n) is 6.41. The number of amides is 1. The Morgan fingerprint density at radius 1 is 1.06 bits per heavy atom. The molecular formula is C26H30N4O4S. The van der Waals surface area contributed by atoms with Crippen LogP contribution < -0.4 is 10.1 Å². The van der Waals surface area contributed by atoms with Gasteiger partial charge in [-0.1, -0.05) is 24.6 Å². The number of carbonyl (C=O) groups is 1. The maximum Gasteiger partial charge on any atom is 0.274 e. The molecule has 35 heavy (non-hydrogen) atoms. The van der Waals surface area contributed by atoms with E-state index in [0.717, 1.165) is 43.5 Å². The molecule has 0 atom stereocenters. The number of carbonyl (C=O) groups excluding carboxylic acids is 1. The number of para-hydroxylation sites is 1. The van der Waals surface area contributed by atoms with Crippen molar-refractivity contribution >= 4 is 21.6 Å². The number of aromatic nitrogens is 2. The first kappa shape index (κ1) is 23.6. The van der Waals surface area contributed by atoms with Gasteiger partial charge in [0.05, 0.1) is 28.6 Å². The highest BCUT2D eigenvalue weighted by atomic mass is 32.2. The van der Waals surface area contributed by atoms with Crippen LogP contribution in [0.1, 0.15) is 61.1 Å². The molecular weight excluding hydrogens is 464 g/mol. The molecule has 5 rings (SSSR count). The van der Waals surface area contributed by atoms with E-state index in [1.54, 1.807) is 16.8 Å². The van der Waals surface area contributed by atoms with Crippen LogP contribution in [0.25, 0.3) is 5.69 Å². The fourth-order valence-electron chi connectivity index (χ4n) is 4.40. The molecule has 2 aromatic carbocycles. The fraction of sp³-hybridized carbons (Fsp3) is 0.385. The topological polar surface area (TPSA) is 93.5 Å². The van der Waals surface area contributed by atoms with Gasteiger partial charge in [0.1, 0.15) is 11.4 Å².